The van der Waals surface area contributed by atoms with Crippen LogP contribution in [0.5, 0.6) is 17.2 Å². The lowest BCUT2D eigenvalue weighted by molar-refractivity contribution is -0.129. The summed E-state index contributed by atoms with van der Waals surface area (Å²) in [5.74, 6) is -0.331. The number of nitrogens with zero attached hydrogens (tertiary/aromatic N) is 15. The van der Waals surface area contributed by atoms with Gasteiger partial charge in [-0.2, -0.15) is 30.6 Å². The predicted molar refractivity (Wildman–Crippen MR) is 387 cm³/mol. The van der Waals surface area contributed by atoms with Crippen LogP contribution in [0.4, 0.5) is 0 Å². The molecule has 536 valence electrons. The molecule has 37 heteroatoms. The number of methoxy groups -OCH3 is 3. The van der Waals surface area contributed by atoms with Gasteiger partial charge in [0.25, 0.3) is 16.7 Å². The minimum Gasteiger partial charge on any atom is -0.496 e. The van der Waals surface area contributed by atoms with Gasteiger partial charge in [-0.3, -0.25) is 57.3 Å². The van der Waals surface area contributed by atoms with Crippen molar-refractivity contribution in [2.75, 3.05) is 53.3 Å². The third kappa shape index (κ3) is 13.5. The number of likely N-dealkylation sites (tertiary alicyclic amines) is 1. The summed E-state index contributed by atoms with van der Waals surface area (Å²) in [6, 6.07) is 18.0. The maximum Gasteiger partial charge on any atom is 0.333 e. The Hall–Kier alpha value is -11.7. The highest BCUT2D eigenvalue weighted by Gasteiger charge is 2.37. The molecule has 3 aliphatic rings. The number of H-pyrrole nitrogens is 1. The number of amides is 3. The maximum atomic E-state index is 13.7. The Balaban J connectivity index is 0.000000138. The number of benzene rings is 3. The lowest BCUT2D eigenvalue weighted by Gasteiger charge is -2.16. The lowest BCUT2D eigenvalue weighted by Crippen LogP contribution is -2.44. The van der Waals surface area contributed by atoms with Crippen LogP contribution in [-0.4, -0.2) is 166 Å². The number of aryl methyl sites for hydroxylation is 3. The van der Waals surface area contributed by atoms with Gasteiger partial charge in [0.15, 0.2) is 17.3 Å². The molecule has 15 rings (SSSR count). The largest absolute Gasteiger partial charge is 0.496 e. The van der Waals surface area contributed by atoms with E-state index in [-0.39, 0.29) is 53.0 Å². The Bertz CT molecular complexity index is 5750. The number of aromatic amines is 1. The molecule has 3 N–H and O–H groups in total. The average molecular weight is 1540 g/mol. The molecular weight excluding hydrogens is 1470 g/mol. The summed E-state index contributed by atoms with van der Waals surface area (Å²) in [4.78, 5) is 164. The molecule has 0 saturated carbocycles. The predicted octanol–water partition coefficient (Wildman–Crippen LogP) is 4.45. The zero-order chi connectivity index (χ0) is 73.9. The van der Waals surface area contributed by atoms with Crippen LogP contribution >= 0.6 is 49.9 Å². The fourth-order valence-corrected chi connectivity index (χ4v) is 16.2. The highest BCUT2D eigenvalue weighted by Crippen LogP contribution is 2.35. The number of hydrogen-bond donors (Lipinski definition) is 3. The summed E-state index contributed by atoms with van der Waals surface area (Å²) in [6.45, 7) is 5.82. The summed E-state index contributed by atoms with van der Waals surface area (Å²) in [5, 5.41) is 33.0. The van der Waals surface area contributed by atoms with E-state index in [1.54, 1.807) is 95.6 Å². The van der Waals surface area contributed by atoms with Crippen LogP contribution in [0.3, 0.4) is 0 Å². The molecule has 3 aliphatic heterocycles. The standard InChI is InChI=1S/C23H22N6O5S.C22H20N6O5S.C13H12N6O3S.C9H9BrO2/c1-13-18-20(32)28(15-8-11-26(2)19(15)31)23(33)27(22(18)35-21(13)29-24-9-10-25-29)12-16(30)14-6-4-5-7-17(14)34-3;1-12-17-19(31)27(14-7-8-23-18(14)30)22(32)26(21(17)34-20(12)28-24-9-10-25-28)11-15(29)13-5-3-4-6-16(13)33-2;1-6-8-10(23-12(6)19-15-4-5-16-19)17-13(22)18(11(8)21)7-2-3-14-9(7)20;1-12-9-5-3-2-4-7(9)8(11)6-10/h4-7,9-10,15H,8,11-12H2,1-3H3;3-6,9-10,14H,7-8,11H2,1-2H3,(H,23,30);4-5,7H,2-3H2,1H3,(H,14,20)(H,17,22);2-5H,6H2,1H3/t15-;14-;7-;/m000./s1. The van der Waals surface area contributed by atoms with Crippen LogP contribution in [0, 0.1) is 20.8 Å². The summed E-state index contributed by atoms with van der Waals surface area (Å²) in [5.41, 5.74) is -0.554. The summed E-state index contributed by atoms with van der Waals surface area (Å²) in [7, 11) is 6.11. The number of carbonyl (C=O) groups excluding carboxylic acids is 6. The molecular formula is C67H63BrN18O15S3. The molecule has 0 unspecified atom stereocenters. The Labute approximate surface area is 606 Å². The molecule has 12 aromatic rings. The van der Waals surface area contributed by atoms with E-state index in [1.165, 1.54) is 91.2 Å². The second-order valence-corrected chi connectivity index (χ2v) is 27.1. The number of Topliss-reactive ketones (excluding diaryl/α,β-unsaturated/α-hetero) is 3. The summed E-state index contributed by atoms with van der Waals surface area (Å²) >= 11 is 6.62. The van der Waals surface area contributed by atoms with Crippen LogP contribution in [0.1, 0.15) is 85.2 Å². The number of ketones is 3. The number of para-hydroxylation sites is 3. The number of ether oxygens (including phenoxy) is 3. The smallest absolute Gasteiger partial charge is 0.333 e. The molecule has 12 heterocycles. The third-order valence-electron chi connectivity index (χ3n) is 17.6. The summed E-state index contributed by atoms with van der Waals surface area (Å²) in [6.07, 6.45) is 10.1. The Morgan fingerprint density at radius 1 is 0.490 bits per heavy atom. The number of hydrogen-bond acceptors (Lipinski definition) is 24. The van der Waals surface area contributed by atoms with Crippen LogP contribution in [0.2, 0.25) is 0 Å². The number of thiophene rings is 3. The lowest BCUT2D eigenvalue weighted by atomic mass is 10.1. The molecule has 3 atom stereocenters. The van der Waals surface area contributed by atoms with Crippen molar-refractivity contribution in [3.63, 3.8) is 0 Å². The normalized spacial score (nSPS) is 15.4. The first kappa shape index (κ1) is 72.1. The second kappa shape index (κ2) is 30.5. The van der Waals surface area contributed by atoms with Crippen LogP contribution in [0.15, 0.2) is 139 Å². The summed E-state index contributed by atoms with van der Waals surface area (Å²) < 4.78 is 21.1. The van der Waals surface area contributed by atoms with E-state index in [9.17, 15) is 57.5 Å². The van der Waals surface area contributed by atoms with E-state index in [4.69, 9.17) is 14.2 Å². The molecule has 3 saturated heterocycles. The minimum absolute atomic E-state index is 0.0347. The van der Waals surface area contributed by atoms with Crippen molar-refractivity contribution in [1.82, 2.24) is 88.3 Å². The molecule has 3 fully saturated rings. The fraction of sp³-hybridized carbons (Fsp3) is 0.284. The molecule has 3 amide bonds. The first-order chi connectivity index (χ1) is 50.1. The number of halogens is 1. The van der Waals surface area contributed by atoms with Gasteiger partial charge in [-0.15, -0.1) is 14.4 Å². The number of nitrogens with one attached hydrogen (secondary N) is 3. The van der Waals surface area contributed by atoms with Gasteiger partial charge in [0.1, 0.15) is 64.9 Å². The molecule has 33 nitrogen and oxygen atoms in total. The van der Waals surface area contributed by atoms with Crippen molar-refractivity contribution < 1.29 is 43.0 Å². The molecule has 0 aliphatic carbocycles. The second-order valence-electron chi connectivity index (χ2n) is 23.6. The Kier molecular flexibility index (Phi) is 21.1. The number of rotatable bonds is 17. The molecule has 0 bridgehead atoms. The van der Waals surface area contributed by atoms with Gasteiger partial charge in [-0.05, 0) is 76.4 Å². The average Bonchev–Trinajstić information content (AvgIpc) is 1.51. The SMILES string of the molecule is COc1ccccc1C(=O)CBr.COc1ccccc1C(=O)Cn1c(=O)n([C@H]2CCN(C)C2=O)c(=O)c2c(C)c(-n3nccn3)sc21.COc1ccccc1C(=O)Cn1c(=O)n([C@H]2CCNC2=O)c(=O)c2c(C)c(-n3nccn3)sc21.Cc1c(-n2nccn2)sc2[nH]c(=O)n([C@H]3CCNC3=O)c(=O)c12. The topological polar surface area (TPSA) is 392 Å². The first-order valence-corrected chi connectivity index (χ1v) is 35.5. The van der Waals surface area contributed by atoms with Crippen molar-refractivity contribution >= 4 is 116 Å². The maximum absolute atomic E-state index is 13.7. The van der Waals surface area contributed by atoms with Gasteiger partial charge in [-0.1, -0.05) is 86.3 Å². The van der Waals surface area contributed by atoms with Gasteiger partial charge in [0.05, 0.1) is 110 Å². The molecule has 0 radical (unpaired) electrons. The third-order valence-corrected chi connectivity index (χ3v) is 21.8. The number of fused-ring (bicyclic) bond motifs is 3. The van der Waals surface area contributed by atoms with Crippen LogP contribution in [-0.2, 0) is 27.5 Å². The minimum atomic E-state index is -0.942. The van der Waals surface area contributed by atoms with Crippen molar-refractivity contribution in [3.8, 4) is 32.3 Å². The highest BCUT2D eigenvalue weighted by molar-refractivity contribution is 9.09. The van der Waals surface area contributed by atoms with Gasteiger partial charge < -0.3 is 29.7 Å². The molecule has 9 aromatic heterocycles. The van der Waals surface area contributed by atoms with Crippen molar-refractivity contribution in [1.29, 1.82) is 0 Å². The van der Waals surface area contributed by atoms with E-state index in [0.717, 1.165) is 36.4 Å². The van der Waals surface area contributed by atoms with E-state index in [0.29, 0.717) is 130 Å². The monoisotopic (exact) mass is 1530 g/mol. The highest BCUT2D eigenvalue weighted by atomic mass is 79.9. The first-order valence-electron chi connectivity index (χ1n) is 31.9. The number of carbonyl (C=O) groups is 6. The van der Waals surface area contributed by atoms with Gasteiger partial charge in [0.2, 0.25) is 17.7 Å². The van der Waals surface area contributed by atoms with E-state index >= 15 is 0 Å². The van der Waals surface area contributed by atoms with E-state index in [2.05, 4.69) is 62.1 Å². The van der Waals surface area contributed by atoms with Gasteiger partial charge in [-0.25, -0.2) is 28.1 Å². The quantitative estimate of drug-likeness (QED) is 0.0837. The molecule has 104 heavy (non-hydrogen) atoms. The van der Waals surface area contributed by atoms with Crippen molar-refractivity contribution in [2.45, 2.75) is 71.2 Å². The van der Waals surface area contributed by atoms with Crippen LogP contribution < -0.4 is 58.6 Å². The Morgan fingerprint density at radius 2 is 0.856 bits per heavy atom. The Morgan fingerprint density at radius 3 is 1.23 bits per heavy atom. The zero-order valence-corrected chi connectivity index (χ0v) is 60.5. The van der Waals surface area contributed by atoms with Crippen molar-refractivity contribution in [2.24, 2.45) is 0 Å². The van der Waals surface area contributed by atoms with E-state index < -0.39 is 57.8 Å². The zero-order valence-electron chi connectivity index (χ0n) is 56.4. The number of likely N-dealkylation sites (N-methyl/N-ethyl adjacent to an activating group) is 1. The van der Waals surface area contributed by atoms with Gasteiger partial charge in [0, 0.05) is 43.4 Å². The number of alkyl halides is 1. The number of aromatic nitrogens is 15. The molecule has 3 aromatic carbocycles. The van der Waals surface area contributed by atoms with Crippen LogP contribution in [0.25, 0.3) is 45.7 Å². The fourth-order valence-electron chi connectivity index (χ4n) is 12.4. The van der Waals surface area contributed by atoms with Crippen molar-refractivity contribution in [3.05, 3.63) is 206 Å². The molecule has 0 spiro atoms. The van der Waals surface area contributed by atoms with E-state index in [1.807, 2.05) is 12.1 Å². The van der Waals surface area contributed by atoms with Gasteiger partial charge >= 0.3 is 17.1 Å².